The number of anilines is 1. The number of aliphatic imine (C=N–C) groups is 1. The van der Waals surface area contributed by atoms with Crippen molar-refractivity contribution in [2.24, 2.45) is 4.99 Å². The van der Waals surface area contributed by atoms with Crippen molar-refractivity contribution in [2.75, 3.05) is 5.32 Å². The molecule has 0 atom stereocenters. The Hall–Kier alpha value is -2.78. The molecule has 2 aromatic rings. The zero-order valence-corrected chi connectivity index (χ0v) is 9.76. The zero-order chi connectivity index (χ0) is 13.7. The zero-order valence-electron chi connectivity index (χ0n) is 9.76. The number of rotatable bonds is 3. The second kappa shape index (κ2) is 5.71. The van der Waals surface area contributed by atoms with Gasteiger partial charge in [-0.1, -0.05) is 0 Å². The van der Waals surface area contributed by atoms with Gasteiger partial charge in [0.15, 0.2) is 0 Å². The first-order chi connectivity index (χ1) is 9.19. The Morgan fingerprint density at radius 1 is 1.05 bits per heavy atom. The van der Waals surface area contributed by atoms with Crippen molar-refractivity contribution in [3.05, 3.63) is 59.9 Å². The van der Waals surface area contributed by atoms with Gasteiger partial charge < -0.3 is 5.32 Å². The van der Waals surface area contributed by atoms with Crippen LogP contribution in [0.3, 0.4) is 0 Å². The molecule has 2 rings (SSSR count). The van der Waals surface area contributed by atoms with Gasteiger partial charge in [0.2, 0.25) is 6.08 Å². The second-order valence-electron chi connectivity index (χ2n) is 3.71. The summed E-state index contributed by atoms with van der Waals surface area (Å²) >= 11 is 0. The fraction of sp³-hybridized carbons (Fsp3) is 0. The summed E-state index contributed by atoms with van der Waals surface area (Å²) in [5, 5.41) is 2.62. The number of hydrogen-bond donors (Lipinski definition) is 1. The maximum Gasteiger partial charge on any atom is 0.255 e. The van der Waals surface area contributed by atoms with Crippen LogP contribution in [0.5, 0.6) is 0 Å². The van der Waals surface area contributed by atoms with Crippen molar-refractivity contribution < 1.29 is 14.0 Å². The number of halogens is 1. The van der Waals surface area contributed by atoms with Gasteiger partial charge in [-0.05, 0) is 48.5 Å². The Bertz CT molecular complexity index is 630. The number of isocyanates is 1. The predicted octanol–water partition coefficient (Wildman–Crippen LogP) is 3.05. The fourth-order valence-corrected chi connectivity index (χ4v) is 1.48. The molecule has 0 radical (unpaired) electrons. The highest BCUT2D eigenvalue weighted by molar-refractivity contribution is 6.04. The van der Waals surface area contributed by atoms with Crippen LogP contribution in [0.25, 0.3) is 0 Å². The minimum absolute atomic E-state index is 0.326. The molecule has 0 fully saturated rings. The van der Waals surface area contributed by atoms with E-state index in [4.69, 9.17) is 0 Å². The summed E-state index contributed by atoms with van der Waals surface area (Å²) in [7, 11) is 0. The number of hydrogen-bond acceptors (Lipinski definition) is 3. The minimum Gasteiger partial charge on any atom is -0.322 e. The largest absolute Gasteiger partial charge is 0.322 e. The van der Waals surface area contributed by atoms with Gasteiger partial charge in [0.1, 0.15) is 5.82 Å². The molecule has 0 aromatic heterocycles. The average molecular weight is 256 g/mol. The molecule has 0 unspecified atom stereocenters. The summed E-state index contributed by atoms with van der Waals surface area (Å²) in [6, 6.07) is 11.6. The van der Waals surface area contributed by atoms with Crippen molar-refractivity contribution >= 4 is 23.4 Å². The van der Waals surface area contributed by atoms with Crippen LogP contribution in [-0.2, 0) is 4.79 Å². The van der Waals surface area contributed by atoms with Gasteiger partial charge >= 0.3 is 0 Å². The van der Waals surface area contributed by atoms with E-state index in [0.29, 0.717) is 16.9 Å². The van der Waals surface area contributed by atoms with E-state index in [1.54, 1.807) is 0 Å². The number of nitrogens with one attached hydrogen (secondary N) is 1. The topological polar surface area (TPSA) is 58.5 Å². The van der Waals surface area contributed by atoms with Crippen LogP contribution < -0.4 is 5.32 Å². The highest BCUT2D eigenvalue weighted by Gasteiger charge is 2.05. The van der Waals surface area contributed by atoms with Crippen LogP contribution in [0, 0.1) is 5.82 Å². The number of amides is 1. The maximum absolute atomic E-state index is 12.7. The van der Waals surface area contributed by atoms with Crippen LogP contribution in [0.2, 0.25) is 0 Å². The molecular weight excluding hydrogens is 247 g/mol. The van der Waals surface area contributed by atoms with Crippen molar-refractivity contribution in [1.82, 2.24) is 0 Å². The smallest absolute Gasteiger partial charge is 0.255 e. The van der Waals surface area contributed by atoms with E-state index in [1.807, 2.05) is 0 Å². The van der Waals surface area contributed by atoms with Crippen LogP contribution in [0.15, 0.2) is 53.5 Å². The van der Waals surface area contributed by atoms with Crippen molar-refractivity contribution in [3.8, 4) is 0 Å². The monoisotopic (exact) mass is 256 g/mol. The third kappa shape index (κ3) is 3.34. The van der Waals surface area contributed by atoms with Gasteiger partial charge in [-0.25, -0.2) is 9.18 Å². The summed E-state index contributed by atoms with van der Waals surface area (Å²) in [4.78, 5) is 25.3. The van der Waals surface area contributed by atoms with Gasteiger partial charge in [0.25, 0.3) is 5.91 Å². The lowest BCUT2D eigenvalue weighted by Gasteiger charge is -2.05. The van der Waals surface area contributed by atoms with Gasteiger partial charge in [-0.3, -0.25) is 4.79 Å². The highest BCUT2D eigenvalue weighted by atomic mass is 19.1. The Balaban J connectivity index is 2.11. The lowest BCUT2D eigenvalue weighted by atomic mass is 10.2. The molecule has 1 N–H and O–H groups in total. The summed E-state index contributed by atoms with van der Waals surface area (Å²) in [6.45, 7) is 0. The van der Waals surface area contributed by atoms with Crippen molar-refractivity contribution in [2.45, 2.75) is 0 Å². The molecule has 19 heavy (non-hydrogen) atoms. The van der Waals surface area contributed by atoms with Gasteiger partial charge in [0.05, 0.1) is 5.69 Å². The van der Waals surface area contributed by atoms with Crippen molar-refractivity contribution in [3.63, 3.8) is 0 Å². The standard InChI is InChI=1S/C14H9FN2O2/c15-11-3-7-13(8-4-11)17-14(19)10-1-5-12(6-2-10)16-9-18/h1-8H,(H,17,19). The van der Waals surface area contributed by atoms with Gasteiger partial charge in [-0.15, -0.1) is 0 Å². The van der Waals surface area contributed by atoms with Crippen LogP contribution >= 0.6 is 0 Å². The number of benzene rings is 2. The molecular formula is C14H9FN2O2. The molecule has 0 saturated heterocycles. The van der Waals surface area contributed by atoms with Crippen LogP contribution in [0.1, 0.15) is 10.4 Å². The first kappa shape index (κ1) is 12.7. The number of nitrogens with zero attached hydrogens (tertiary/aromatic N) is 1. The normalized spacial score (nSPS) is 9.53. The van der Waals surface area contributed by atoms with Gasteiger partial charge in [0, 0.05) is 11.3 Å². The Morgan fingerprint density at radius 3 is 2.26 bits per heavy atom. The molecule has 0 bridgehead atoms. The fourth-order valence-electron chi connectivity index (χ4n) is 1.48. The third-order valence-corrected chi connectivity index (χ3v) is 2.41. The van der Waals surface area contributed by atoms with Crippen molar-refractivity contribution in [1.29, 1.82) is 0 Å². The van der Waals surface area contributed by atoms with Crippen LogP contribution in [0.4, 0.5) is 15.8 Å². The molecule has 1 amide bonds. The van der Waals surface area contributed by atoms with E-state index in [9.17, 15) is 14.0 Å². The molecule has 0 aliphatic rings. The first-order valence-electron chi connectivity index (χ1n) is 5.44. The Morgan fingerprint density at radius 2 is 1.68 bits per heavy atom. The molecule has 0 aliphatic carbocycles. The average Bonchev–Trinajstić information content (AvgIpc) is 2.42. The minimum atomic E-state index is -0.367. The van der Waals surface area contributed by atoms with E-state index in [1.165, 1.54) is 54.6 Å². The molecule has 94 valence electrons. The Labute approximate surface area is 108 Å². The molecule has 0 saturated carbocycles. The summed E-state index contributed by atoms with van der Waals surface area (Å²) in [5.41, 5.74) is 1.34. The highest BCUT2D eigenvalue weighted by Crippen LogP contribution is 2.14. The first-order valence-corrected chi connectivity index (χ1v) is 5.44. The third-order valence-electron chi connectivity index (χ3n) is 2.41. The van der Waals surface area contributed by atoms with Crippen LogP contribution in [-0.4, -0.2) is 12.0 Å². The predicted molar refractivity (Wildman–Crippen MR) is 68.6 cm³/mol. The molecule has 2 aromatic carbocycles. The van der Waals surface area contributed by atoms with E-state index in [2.05, 4.69) is 10.3 Å². The maximum atomic E-state index is 12.7. The van der Waals surface area contributed by atoms with E-state index in [0.717, 1.165) is 0 Å². The SMILES string of the molecule is O=C=Nc1ccc(C(=O)Nc2ccc(F)cc2)cc1. The van der Waals surface area contributed by atoms with E-state index >= 15 is 0 Å². The Kier molecular flexibility index (Phi) is 3.81. The molecule has 0 spiro atoms. The number of carbonyl (C=O) groups excluding carboxylic acids is 2. The quantitative estimate of drug-likeness (QED) is 0.677. The second-order valence-corrected chi connectivity index (χ2v) is 3.71. The lowest BCUT2D eigenvalue weighted by molar-refractivity contribution is 0.102. The summed E-state index contributed by atoms with van der Waals surface area (Å²) in [5.74, 6) is -0.692. The summed E-state index contributed by atoms with van der Waals surface area (Å²) in [6.07, 6.45) is 1.42. The molecule has 5 heteroatoms. The van der Waals surface area contributed by atoms with E-state index < -0.39 is 0 Å². The molecule has 0 heterocycles. The molecule has 4 nitrogen and oxygen atoms in total. The molecule has 0 aliphatic heterocycles. The van der Waals surface area contributed by atoms with E-state index in [-0.39, 0.29) is 11.7 Å². The lowest BCUT2D eigenvalue weighted by Crippen LogP contribution is -2.11. The van der Waals surface area contributed by atoms with Gasteiger partial charge in [-0.2, -0.15) is 4.99 Å². The number of carbonyl (C=O) groups is 1. The summed E-state index contributed by atoms with van der Waals surface area (Å²) < 4.78 is 12.7.